The van der Waals surface area contributed by atoms with Gasteiger partial charge in [-0.1, -0.05) is 47.5 Å². The van der Waals surface area contributed by atoms with E-state index in [4.69, 9.17) is 37.8 Å². The third kappa shape index (κ3) is 12.1. The van der Waals surface area contributed by atoms with E-state index in [9.17, 15) is 28.0 Å². The molecule has 0 saturated carbocycles. The van der Waals surface area contributed by atoms with Crippen molar-refractivity contribution in [2.24, 2.45) is 0 Å². The van der Waals surface area contributed by atoms with Gasteiger partial charge in [0.15, 0.2) is 0 Å². The molecule has 302 valence electrons. The number of hydrogen-bond donors (Lipinski definition) is 3. The molecule has 2 atom stereocenters. The van der Waals surface area contributed by atoms with Crippen LogP contribution in [0.5, 0.6) is 23.0 Å². The van der Waals surface area contributed by atoms with Crippen molar-refractivity contribution < 1.29 is 47.3 Å². The van der Waals surface area contributed by atoms with Crippen LogP contribution in [-0.4, -0.2) is 36.0 Å². The first-order valence-electron chi connectivity index (χ1n) is 17.8. The molecule has 0 radical (unpaired) electrons. The number of nitrogens with one attached hydrogen (secondary N) is 2. The van der Waals surface area contributed by atoms with Crippen LogP contribution in [0.25, 0.3) is 0 Å². The summed E-state index contributed by atoms with van der Waals surface area (Å²) in [5.41, 5.74) is 2.59. The maximum absolute atomic E-state index is 13.1. The second kappa shape index (κ2) is 20.1. The molecule has 6 aromatic rings. The first-order chi connectivity index (χ1) is 28.2. The van der Waals surface area contributed by atoms with Crippen LogP contribution in [0.3, 0.4) is 0 Å². The van der Waals surface area contributed by atoms with Crippen LogP contribution in [0, 0.1) is 11.6 Å². The molecule has 0 aliphatic heterocycles. The highest BCUT2D eigenvalue weighted by Crippen LogP contribution is 2.30. The highest BCUT2D eigenvalue weighted by molar-refractivity contribution is 6.31. The van der Waals surface area contributed by atoms with Crippen molar-refractivity contribution in [2.75, 3.05) is 7.11 Å². The number of hydrogen-bond acceptors (Lipinski definition) is 7. The lowest BCUT2D eigenvalue weighted by molar-refractivity contribution is 0.0599. The minimum Gasteiger partial charge on any atom is -0.478 e. The summed E-state index contributed by atoms with van der Waals surface area (Å²) in [6, 6.07) is 32.5. The molecule has 0 aromatic heterocycles. The Balaban J connectivity index is 0.000000224. The average molecular weight is 842 g/mol. The third-order valence-corrected chi connectivity index (χ3v) is 9.11. The maximum atomic E-state index is 13.1. The van der Waals surface area contributed by atoms with Crippen LogP contribution in [0.4, 0.5) is 8.78 Å². The molecular weight excluding hydrogens is 805 g/mol. The van der Waals surface area contributed by atoms with Crippen LogP contribution >= 0.6 is 23.2 Å². The first kappa shape index (κ1) is 43.4. The van der Waals surface area contributed by atoms with Crippen LogP contribution in [0.15, 0.2) is 133 Å². The normalized spacial score (nSPS) is 11.5. The lowest BCUT2D eigenvalue weighted by Crippen LogP contribution is -2.27. The molecule has 2 amide bonds. The molecule has 6 rings (SSSR count). The Morgan fingerprint density at radius 3 is 1.29 bits per heavy atom. The van der Waals surface area contributed by atoms with Gasteiger partial charge in [-0.3, -0.25) is 9.59 Å². The third-order valence-electron chi connectivity index (χ3n) is 8.64. The summed E-state index contributed by atoms with van der Waals surface area (Å²) >= 11 is 12.1. The van der Waals surface area contributed by atoms with Gasteiger partial charge in [0, 0.05) is 10.0 Å². The highest BCUT2D eigenvalue weighted by Gasteiger charge is 2.20. The SMILES string of the molecule is COC(=O)c1ccc([C@H](C)NC(=O)c2cc(Cl)ccc2Oc2ccc(F)cc2)cc1.C[C@H](NC(=O)c1cc(Cl)ccc1Oc1ccc(F)cc1)c1ccc(C(=O)O)cc1. The molecular formula is C45H36Cl2F2N2O8. The number of aromatic carboxylic acids is 1. The van der Waals surface area contributed by atoms with Gasteiger partial charge in [0.1, 0.15) is 34.6 Å². The summed E-state index contributed by atoms with van der Waals surface area (Å²) in [7, 11) is 1.32. The number of carboxylic acid groups (broad SMARTS) is 1. The molecule has 0 aliphatic carbocycles. The minimum absolute atomic E-state index is 0.164. The van der Waals surface area contributed by atoms with E-state index < -0.39 is 23.7 Å². The fourth-order valence-corrected chi connectivity index (χ4v) is 5.80. The van der Waals surface area contributed by atoms with E-state index in [1.54, 1.807) is 67.6 Å². The zero-order chi connectivity index (χ0) is 42.6. The lowest BCUT2D eigenvalue weighted by atomic mass is 10.1. The number of methoxy groups -OCH3 is 1. The van der Waals surface area contributed by atoms with Crippen LogP contribution in [0.1, 0.15) is 78.5 Å². The standard InChI is InChI=1S/C23H19ClFNO4.C22H17ClFNO4/c1-14(15-3-5-16(6-4-15)23(28)29-2)26-22(27)20-13-17(24)7-12-21(20)30-19-10-8-18(25)9-11-19;1-13(14-2-4-15(5-3-14)22(27)28)25-21(26)19-12-16(23)6-11-20(19)29-18-9-7-17(24)8-10-18/h3-14H,1-2H3,(H,26,27);2-13H,1H3,(H,25,26)(H,27,28)/t14-;13-/m00/s1. The first-order valence-corrected chi connectivity index (χ1v) is 18.6. The Kier molecular flexibility index (Phi) is 14.8. The molecule has 0 bridgehead atoms. The Bertz CT molecular complexity index is 2430. The summed E-state index contributed by atoms with van der Waals surface area (Å²) in [6.45, 7) is 3.59. The second-order valence-corrected chi connectivity index (χ2v) is 13.7. The van der Waals surface area contributed by atoms with Crippen molar-refractivity contribution in [2.45, 2.75) is 25.9 Å². The van der Waals surface area contributed by atoms with Gasteiger partial charge in [-0.05, 0) is 134 Å². The van der Waals surface area contributed by atoms with Gasteiger partial charge < -0.3 is 30.0 Å². The van der Waals surface area contributed by atoms with E-state index in [2.05, 4.69) is 15.4 Å². The molecule has 0 aliphatic rings. The second-order valence-electron chi connectivity index (χ2n) is 12.8. The Labute approximate surface area is 348 Å². The fourth-order valence-electron chi connectivity index (χ4n) is 5.45. The molecule has 0 fully saturated rings. The van der Waals surface area contributed by atoms with E-state index in [1.807, 2.05) is 6.92 Å². The van der Waals surface area contributed by atoms with Gasteiger partial charge in [-0.2, -0.15) is 0 Å². The summed E-state index contributed by atoms with van der Waals surface area (Å²) in [5.74, 6) is -1.71. The minimum atomic E-state index is -1.02. The van der Waals surface area contributed by atoms with Gasteiger partial charge in [0.05, 0.1) is 41.4 Å². The van der Waals surface area contributed by atoms with Crippen molar-refractivity contribution in [3.8, 4) is 23.0 Å². The summed E-state index contributed by atoms with van der Waals surface area (Å²) < 4.78 is 42.4. The number of rotatable bonds is 12. The number of amides is 2. The van der Waals surface area contributed by atoms with Crippen LogP contribution < -0.4 is 20.1 Å². The van der Waals surface area contributed by atoms with E-state index in [0.29, 0.717) is 27.1 Å². The van der Waals surface area contributed by atoms with Crippen molar-refractivity contribution in [3.63, 3.8) is 0 Å². The molecule has 0 unspecified atom stereocenters. The van der Waals surface area contributed by atoms with Crippen LogP contribution in [0.2, 0.25) is 10.0 Å². The number of benzene rings is 6. The number of ether oxygens (including phenoxy) is 3. The van der Waals surface area contributed by atoms with Crippen LogP contribution in [-0.2, 0) is 4.74 Å². The topological polar surface area (TPSA) is 140 Å². The average Bonchev–Trinajstić information content (AvgIpc) is 3.23. The van der Waals surface area contributed by atoms with Gasteiger partial charge >= 0.3 is 11.9 Å². The van der Waals surface area contributed by atoms with E-state index in [0.717, 1.165) is 11.1 Å². The molecule has 3 N–H and O–H groups in total. The predicted molar refractivity (Wildman–Crippen MR) is 219 cm³/mol. The van der Waals surface area contributed by atoms with E-state index in [1.165, 1.54) is 79.9 Å². The molecule has 0 heterocycles. The van der Waals surface area contributed by atoms with Gasteiger partial charge in [0.2, 0.25) is 0 Å². The maximum Gasteiger partial charge on any atom is 0.337 e. The molecule has 0 spiro atoms. The van der Waals surface area contributed by atoms with Crippen molar-refractivity contribution in [1.82, 2.24) is 10.6 Å². The number of carbonyl (C=O) groups excluding carboxylic acids is 3. The van der Waals surface area contributed by atoms with Crippen molar-refractivity contribution in [3.05, 3.63) is 189 Å². The monoisotopic (exact) mass is 840 g/mol. The fraction of sp³-hybridized carbons (Fsp3) is 0.111. The molecule has 14 heteroatoms. The van der Waals surface area contributed by atoms with Crippen molar-refractivity contribution >= 4 is 47.0 Å². The van der Waals surface area contributed by atoms with E-state index in [-0.39, 0.29) is 52.0 Å². The highest BCUT2D eigenvalue weighted by atomic mass is 35.5. The number of esters is 1. The summed E-state index contributed by atoms with van der Waals surface area (Å²) in [4.78, 5) is 48.2. The Hall–Kier alpha value is -6.76. The summed E-state index contributed by atoms with van der Waals surface area (Å²) in [6.07, 6.45) is 0. The Morgan fingerprint density at radius 1 is 0.559 bits per heavy atom. The zero-order valence-corrected chi connectivity index (χ0v) is 33.2. The number of carboxylic acids is 1. The number of carbonyl (C=O) groups is 4. The summed E-state index contributed by atoms with van der Waals surface area (Å²) in [5, 5.41) is 15.4. The molecule has 59 heavy (non-hydrogen) atoms. The zero-order valence-electron chi connectivity index (χ0n) is 31.7. The largest absolute Gasteiger partial charge is 0.478 e. The Morgan fingerprint density at radius 2 is 0.932 bits per heavy atom. The molecule has 10 nitrogen and oxygen atoms in total. The molecule has 0 saturated heterocycles. The quantitative estimate of drug-likeness (QED) is 0.103. The predicted octanol–water partition coefficient (Wildman–Crippen LogP) is 11.0. The van der Waals surface area contributed by atoms with Gasteiger partial charge in [-0.15, -0.1) is 0 Å². The molecule has 6 aromatic carbocycles. The van der Waals surface area contributed by atoms with Gasteiger partial charge in [0.25, 0.3) is 11.8 Å². The van der Waals surface area contributed by atoms with Crippen molar-refractivity contribution in [1.29, 1.82) is 0 Å². The smallest absolute Gasteiger partial charge is 0.337 e. The van der Waals surface area contributed by atoms with E-state index >= 15 is 0 Å². The van der Waals surface area contributed by atoms with Gasteiger partial charge in [-0.25, -0.2) is 18.4 Å². The lowest BCUT2D eigenvalue weighted by Gasteiger charge is -2.17. The number of halogens is 4.